The molecule has 1 aliphatic rings. The number of aromatic nitrogens is 5. The third-order valence-corrected chi connectivity index (χ3v) is 7.44. The molecule has 192 valence electrons. The van der Waals surface area contributed by atoms with E-state index in [2.05, 4.69) is 15.4 Å². The Labute approximate surface area is 222 Å². The lowest BCUT2D eigenvalue weighted by atomic mass is 10.0. The van der Waals surface area contributed by atoms with Crippen LogP contribution in [-0.2, 0) is 19.1 Å². The van der Waals surface area contributed by atoms with Gasteiger partial charge in [-0.3, -0.25) is 4.79 Å². The molecule has 0 radical (unpaired) electrons. The van der Waals surface area contributed by atoms with E-state index < -0.39 is 17.8 Å². The first-order valence-corrected chi connectivity index (χ1v) is 15.6. The summed E-state index contributed by atoms with van der Waals surface area (Å²) in [6, 6.07) is 4.85. The Morgan fingerprint density at radius 3 is 2.46 bits per heavy atom. The molecule has 1 aliphatic heterocycles. The minimum Gasteiger partial charge on any atom is -0.362 e. The topological polar surface area (TPSA) is 68.8 Å². The maximum Gasteiger partial charge on any atom is 0.416 e. The first kappa shape index (κ1) is 29.5. The SMILES string of the molecule is CC.CC.CC(c1ccccc1C(F)(F)F)n1nnc2c1CCN(c1cnn(PI)c(=O)c1Cl)C2. The van der Waals surface area contributed by atoms with E-state index in [-0.39, 0.29) is 22.5 Å². The zero-order valence-electron chi connectivity index (χ0n) is 20.1. The minimum atomic E-state index is -4.45. The van der Waals surface area contributed by atoms with Gasteiger partial charge in [0.2, 0.25) is 0 Å². The summed E-state index contributed by atoms with van der Waals surface area (Å²) in [5.41, 5.74) is 1.01. The number of anilines is 1. The minimum absolute atomic E-state index is 0.0856. The second kappa shape index (κ2) is 13.0. The van der Waals surface area contributed by atoms with Crippen molar-refractivity contribution in [1.29, 1.82) is 0 Å². The summed E-state index contributed by atoms with van der Waals surface area (Å²) in [5.74, 6) is 0. The number of nitrogens with zero attached hydrogens (tertiary/aromatic N) is 6. The summed E-state index contributed by atoms with van der Waals surface area (Å²) in [6.07, 6.45) is -2.27. The highest BCUT2D eigenvalue weighted by Gasteiger charge is 2.35. The van der Waals surface area contributed by atoms with Crippen LogP contribution in [0.15, 0.2) is 35.3 Å². The van der Waals surface area contributed by atoms with E-state index in [1.165, 1.54) is 16.6 Å². The number of benzene rings is 1. The molecule has 2 atom stereocenters. The Hall–Kier alpha value is -1.72. The van der Waals surface area contributed by atoms with Gasteiger partial charge in [0.05, 0.1) is 42.1 Å². The van der Waals surface area contributed by atoms with Gasteiger partial charge in [0, 0.05) is 13.0 Å². The summed E-state index contributed by atoms with van der Waals surface area (Å²) >= 11 is 8.32. The predicted molar refractivity (Wildman–Crippen MR) is 144 cm³/mol. The summed E-state index contributed by atoms with van der Waals surface area (Å²) in [4.78, 5) is 14.2. The fraction of sp³-hybridized carbons (Fsp3) is 0.455. The highest BCUT2D eigenvalue weighted by atomic mass is 127. The van der Waals surface area contributed by atoms with Gasteiger partial charge in [-0.2, -0.15) is 18.3 Å². The van der Waals surface area contributed by atoms with Crippen molar-refractivity contribution in [3.8, 4) is 0 Å². The molecule has 3 heterocycles. The van der Waals surface area contributed by atoms with Gasteiger partial charge in [0.15, 0.2) is 0 Å². The van der Waals surface area contributed by atoms with Crippen LogP contribution in [0, 0.1) is 0 Å². The van der Waals surface area contributed by atoms with Gasteiger partial charge in [-0.05, 0) is 40.6 Å². The highest BCUT2D eigenvalue weighted by molar-refractivity contribution is 14.2. The maximum atomic E-state index is 13.5. The number of alkyl halides is 3. The maximum absolute atomic E-state index is 13.5. The highest BCUT2D eigenvalue weighted by Crippen LogP contribution is 2.36. The molecule has 0 bridgehead atoms. The standard InChI is InChI=1S/C18H16ClF3IN6OP.2C2H6/c1-10(11-4-2-3-5-12(11)18(20,21)22)28-14-6-7-27(9-13(14)25-26-28)15-8-24-29(31-23)17(30)16(15)19;2*1-2/h2-5,8,10,31H,6-7,9H2,1H3;2*1-2H3. The smallest absolute Gasteiger partial charge is 0.362 e. The van der Waals surface area contributed by atoms with Crippen LogP contribution in [0.1, 0.15) is 63.2 Å². The Morgan fingerprint density at radius 2 is 1.83 bits per heavy atom. The number of hydrogen-bond acceptors (Lipinski definition) is 5. The van der Waals surface area contributed by atoms with Crippen molar-refractivity contribution in [2.75, 3.05) is 11.4 Å². The van der Waals surface area contributed by atoms with E-state index in [1.807, 2.05) is 54.6 Å². The number of fused-ring (bicyclic) bond motifs is 1. The molecule has 2 aromatic heterocycles. The van der Waals surface area contributed by atoms with Gasteiger partial charge in [-0.15, -0.1) is 5.10 Å². The van der Waals surface area contributed by atoms with Crippen molar-refractivity contribution in [1.82, 2.24) is 24.5 Å². The van der Waals surface area contributed by atoms with Crippen LogP contribution in [0.3, 0.4) is 0 Å². The lowest BCUT2D eigenvalue weighted by Gasteiger charge is -2.29. The van der Waals surface area contributed by atoms with Gasteiger partial charge in [0.25, 0.3) is 5.56 Å². The van der Waals surface area contributed by atoms with Gasteiger partial charge >= 0.3 is 6.18 Å². The first-order valence-electron chi connectivity index (χ1n) is 11.2. The van der Waals surface area contributed by atoms with Crippen LogP contribution in [0.4, 0.5) is 18.9 Å². The average molecular weight is 643 g/mol. The zero-order chi connectivity index (χ0) is 26.3. The normalized spacial score (nSPS) is 14.1. The molecule has 35 heavy (non-hydrogen) atoms. The van der Waals surface area contributed by atoms with Crippen LogP contribution in [0.2, 0.25) is 5.02 Å². The van der Waals surface area contributed by atoms with Gasteiger partial charge in [0.1, 0.15) is 10.7 Å². The molecule has 13 heteroatoms. The van der Waals surface area contributed by atoms with E-state index in [1.54, 1.807) is 23.9 Å². The largest absolute Gasteiger partial charge is 0.416 e. The second-order valence-electron chi connectivity index (χ2n) is 7.01. The molecule has 0 aliphatic carbocycles. The molecule has 3 aromatic rings. The average Bonchev–Trinajstić information content (AvgIpc) is 3.30. The van der Waals surface area contributed by atoms with Crippen LogP contribution < -0.4 is 10.5 Å². The zero-order valence-corrected chi connectivity index (χ0v) is 24.0. The van der Waals surface area contributed by atoms with Gasteiger partial charge in [-0.1, -0.05) is 62.7 Å². The van der Waals surface area contributed by atoms with E-state index in [9.17, 15) is 18.0 Å². The quantitative estimate of drug-likeness (QED) is 0.239. The molecule has 0 fully saturated rings. The molecule has 1 aromatic carbocycles. The van der Waals surface area contributed by atoms with Crippen molar-refractivity contribution in [3.05, 3.63) is 68.4 Å². The van der Waals surface area contributed by atoms with Crippen molar-refractivity contribution < 1.29 is 13.2 Å². The van der Waals surface area contributed by atoms with Crippen LogP contribution in [0.5, 0.6) is 0 Å². The van der Waals surface area contributed by atoms with Gasteiger partial charge < -0.3 is 4.90 Å². The third-order valence-electron chi connectivity index (χ3n) is 5.23. The Kier molecular flexibility index (Phi) is 11.0. The number of hydrogen-bond donors (Lipinski definition) is 0. The molecule has 0 saturated heterocycles. The van der Waals surface area contributed by atoms with Crippen molar-refractivity contribution in [2.24, 2.45) is 0 Å². The first-order chi connectivity index (χ1) is 16.7. The van der Waals surface area contributed by atoms with E-state index >= 15 is 0 Å². The summed E-state index contributed by atoms with van der Waals surface area (Å²) in [5, 5.41) is 12.6. The lowest BCUT2D eigenvalue weighted by molar-refractivity contribution is -0.138. The fourth-order valence-corrected chi connectivity index (χ4v) is 5.34. The molecule has 4 rings (SSSR count). The van der Waals surface area contributed by atoms with E-state index in [0.717, 1.165) is 11.8 Å². The molecular weight excluding hydrogens is 615 g/mol. The molecule has 0 spiro atoms. The van der Waals surface area contributed by atoms with Crippen LogP contribution >= 0.6 is 40.0 Å². The summed E-state index contributed by atoms with van der Waals surface area (Å²) in [7, 11) is 0. The Bertz CT molecular complexity index is 1190. The predicted octanol–water partition coefficient (Wildman–Crippen LogP) is 6.52. The second-order valence-corrected chi connectivity index (χ2v) is 9.42. The molecule has 0 saturated carbocycles. The van der Waals surface area contributed by atoms with Crippen LogP contribution in [-0.4, -0.2) is 31.1 Å². The Balaban J connectivity index is 0.00000103. The Morgan fingerprint density at radius 1 is 1.17 bits per heavy atom. The monoisotopic (exact) mass is 642 g/mol. The molecular formula is C22H28ClF3IN6OP. The third kappa shape index (κ3) is 6.35. The van der Waals surface area contributed by atoms with Gasteiger partial charge in [-0.25, -0.2) is 9.13 Å². The van der Waals surface area contributed by atoms with Crippen molar-refractivity contribution in [2.45, 2.75) is 59.8 Å². The molecule has 7 nitrogen and oxygen atoms in total. The van der Waals surface area contributed by atoms with Crippen molar-refractivity contribution in [3.63, 3.8) is 0 Å². The van der Waals surface area contributed by atoms with E-state index in [4.69, 9.17) is 11.6 Å². The van der Waals surface area contributed by atoms with E-state index in [0.29, 0.717) is 30.9 Å². The molecule has 0 amide bonds. The summed E-state index contributed by atoms with van der Waals surface area (Å²) in [6.45, 7) is 10.5. The lowest BCUT2D eigenvalue weighted by Crippen LogP contribution is -2.33. The fourth-order valence-electron chi connectivity index (χ4n) is 3.70. The molecule has 2 unspecified atom stereocenters. The molecule has 0 N–H and O–H groups in total. The van der Waals surface area contributed by atoms with Crippen molar-refractivity contribution >= 4 is 45.7 Å². The number of halogens is 5. The summed E-state index contributed by atoms with van der Waals surface area (Å²) < 4.78 is 43.2. The van der Waals surface area contributed by atoms with Crippen LogP contribution in [0.25, 0.3) is 0 Å². The number of rotatable bonds is 4.